The Balaban J connectivity index is 2.88. The number of aliphatic carboxylic acids is 1. The Bertz CT molecular complexity index is 435. The van der Waals surface area contributed by atoms with Gasteiger partial charge in [0.2, 0.25) is 0 Å². The molecule has 94 valence electrons. The molecule has 0 aliphatic rings. The van der Waals surface area contributed by atoms with E-state index in [4.69, 9.17) is 5.11 Å². The van der Waals surface area contributed by atoms with Gasteiger partial charge in [0.05, 0.1) is 5.69 Å². The lowest BCUT2D eigenvalue weighted by Gasteiger charge is -2.31. The number of nitrogens with zero attached hydrogens (tertiary/aromatic N) is 2. The zero-order valence-electron chi connectivity index (χ0n) is 9.87. The minimum Gasteiger partial charge on any atom is -0.480 e. The van der Waals surface area contributed by atoms with E-state index in [2.05, 4.69) is 36.8 Å². The summed E-state index contributed by atoms with van der Waals surface area (Å²) >= 11 is 6.74. The third-order valence-corrected chi connectivity index (χ3v) is 3.87. The van der Waals surface area contributed by atoms with Crippen molar-refractivity contribution >= 4 is 37.8 Å². The van der Waals surface area contributed by atoms with Crippen molar-refractivity contribution in [2.24, 2.45) is 0 Å². The number of hydrogen-bond donors (Lipinski definition) is 1. The van der Waals surface area contributed by atoms with E-state index >= 15 is 0 Å². The van der Waals surface area contributed by atoms with Crippen molar-refractivity contribution in [1.29, 1.82) is 0 Å². The molecule has 1 aromatic rings. The number of aromatic nitrogens is 1. The topological polar surface area (TPSA) is 53.4 Å². The Morgan fingerprint density at radius 2 is 2.12 bits per heavy atom. The number of carboxylic acid groups (broad SMARTS) is 1. The van der Waals surface area contributed by atoms with Gasteiger partial charge in [0, 0.05) is 21.7 Å². The van der Waals surface area contributed by atoms with Crippen LogP contribution < -0.4 is 0 Å². The number of likely N-dealkylation sites (N-methyl/N-ethyl adjacent to an activating group) is 1. The Labute approximate surface area is 117 Å². The fourth-order valence-electron chi connectivity index (χ4n) is 1.14. The van der Waals surface area contributed by atoms with Gasteiger partial charge in [-0.3, -0.25) is 14.7 Å². The van der Waals surface area contributed by atoms with Gasteiger partial charge < -0.3 is 5.11 Å². The van der Waals surface area contributed by atoms with Crippen molar-refractivity contribution in [3.05, 3.63) is 26.9 Å². The second-order valence-corrected chi connectivity index (χ2v) is 6.07. The van der Waals surface area contributed by atoms with E-state index in [1.807, 2.05) is 6.07 Å². The number of hydrogen-bond acceptors (Lipinski definition) is 3. The van der Waals surface area contributed by atoms with Gasteiger partial charge in [-0.2, -0.15) is 0 Å². The van der Waals surface area contributed by atoms with Crippen molar-refractivity contribution in [1.82, 2.24) is 9.88 Å². The monoisotopic (exact) mass is 364 g/mol. The molecule has 4 nitrogen and oxygen atoms in total. The molecule has 0 spiro atoms. The third-order valence-electron chi connectivity index (χ3n) is 2.75. The first kappa shape index (κ1) is 14.6. The highest BCUT2D eigenvalue weighted by Gasteiger charge is 2.32. The molecule has 1 heterocycles. The average Bonchev–Trinajstić information content (AvgIpc) is 2.21. The van der Waals surface area contributed by atoms with Crippen molar-refractivity contribution in [3.63, 3.8) is 0 Å². The van der Waals surface area contributed by atoms with Crippen LogP contribution in [0.1, 0.15) is 19.5 Å². The van der Waals surface area contributed by atoms with Crippen molar-refractivity contribution in [2.45, 2.75) is 25.9 Å². The minimum absolute atomic E-state index is 0.465. The van der Waals surface area contributed by atoms with E-state index in [1.165, 1.54) is 0 Å². The van der Waals surface area contributed by atoms with Gasteiger partial charge in [0.1, 0.15) is 5.54 Å². The van der Waals surface area contributed by atoms with Gasteiger partial charge in [0.15, 0.2) is 0 Å². The molecule has 0 radical (unpaired) electrons. The van der Waals surface area contributed by atoms with E-state index in [-0.39, 0.29) is 0 Å². The quantitative estimate of drug-likeness (QED) is 0.891. The van der Waals surface area contributed by atoms with E-state index in [0.29, 0.717) is 6.54 Å². The summed E-state index contributed by atoms with van der Waals surface area (Å²) < 4.78 is 1.74. The first-order valence-corrected chi connectivity index (χ1v) is 6.58. The van der Waals surface area contributed by atoms with E-state index in [0.717, 1.165) is 14.6 Å². The zero-order valence-corrected chi connectivity index (χ0v) is 13.0. The lowest BCUT2D eigenvalue weighted by Crippen LogP contribution is -2.47. The lowest BCUT2D eigenvalue weighted by molar-refractivity contribution is -0.148. The molecule has 0 aromatic carbocycles. The molecule has 0 amide bonds. The zero-order chi connectivity index (χ0) is 13.2. The molecular weight excluding hydrogens is 352 g/mol. The summed E-state index contributed by atoms with van der Waals surface area (Å²) in [5.74, 6) is -0.853. The molecule has 0 saturated heterocycles. The maximum Gasteiger partial charge on any atom is 0.323 e. The van der Waals surface area contributed by atoms with Crippen LogP contribution in [0.25, 0.3) is 0 Å². The van der Waals surface area contributed by atoms with Crippen LogP contribution in [-0.2, 0) is 11.3 Å². The van der Waals surface area contributed by atoms with Crippen LogP contribution in [0.5, 0.6) is 0 Å². The van der Waals surface area contributed by atoms with E-state index in [9.17, 15) is 4.79 Å². The smallest absolute Gasteiger partial charge is 0.323 e. The van der Waals surface area contributed by atoms with Gasteiger partial charge in [-0.25, -0.2) is 0 Å². The number of carboxylic acids is 1. The van der Waals surface area contributed by atoms with Gasteiger partial charge in [-0.05, 0) is 58.8 Å². The van der Waals surface area contributed by atoms with Crippen LogP contribution in [0.2, 0.25) is 0 Å². The highest BCUT2D eigenvalue weighted by molar-refractivity contribution is 9.11. The molecule has 1 N–H and O–H groups in total. The lowest BCUT2D eigenvalue weighted by atomic mass is 10.0. The van der Waals surface area contributed by atoms with E-state index < -0.39 is 11.5 Å². The molecule has 0 fully saturated rings. The Morgan fingerprint density at radius 1 is 1.53 bits per heavy atom. The van der Waals surface area contributed by atoms with E-state index in [1.54, 1.807) is 32.0 Å². The standard InChI is InChI=1S/C11H14Br2N2O2/c1-11(2,10(16)17)15(3)6-9-8(13)4-7(12)5-14-9/h4-5H,6H2,1-3H3,(H,16,17). The Morgan fingerprint density at radius 3 is 2.59 bits per heavy atom. The maximum absolute atomic E-state index is 11.1. The molecule has 0 aliphatic carbocycles. The first-order chi connectivity index (χ1) is 7.75. The highest BCUT2D eigenvalue weighted by atomic mass is 79.9. The van der Waals surface area contributed by atoms with Crippen molar-refractivity contribution < 1.29 is 9.90 Å². The van der Waals surface area contributed by atoms with Gasteiger partial charge in [0.25, 0.3) is 0 Å². The number of pyridine rings is 1. The van der Waals surface area contributed by atoms with Crippen LogP contribution in [-0.4, -0.2) is 33.5 Å². The third kappa shape index (κ3) is 3.50. The molecule has 0 unspecified atom stereocenters. The summed E-state index contributed by atoms with van der Waals surface area (Å²) in [6, 6.07) is 1.89. The molecule has 17 heavy (non-hydrogen) atoms. The molecule has 0 bridgehead atoms. The van der Waals surface area contributed by atoms with Crippen LogP contribution in [0.15, 0.2) is 21.2 Å². The largest absolute Gasteiger partial charge is 0.480 e. The summed E-state index contributed by atoms with van der Waals surface area (Å²) in [7, 11) is 1.77. The minimum atomic E-state index is -0.922. The highest BCUT2D eigenvalue weighted by Crippen LogP contribution is 2.23. The van der Waals surface area contributed by atoms with Crippen LogP contribution >= 0.6 is 31.9 Å². The second-order valence-electron chi connectivity index (χ2n) is 4.30. The summed E-state index contributed by atoms with van der Waals surface area (Å²) in [6.07, 6.45) is 1.70. The van der Waals surface area contributed by atoms with Gasteiger partial charge in [-0.1, -0.05) is 0 Å². The summed E-state index contributed by atoms with van der Waals surface area (Å²) in [4.78, 5) is 17.1. The molecule has 1 rings (SSSR count). The fraction of sp³-hybridized carbons (Fsp3) is 0.455. The Hall–Kier alpha value is -0.460. The number of halogens is 2. The predicted molar refractivity (Wildman–Crippen MR) is 72.8 cm³/mol. The molecule has 0 atom stereocenters. The summed E-state index contributed by atoms with van der Waals surface area (Å²) in [5, 5.41) is 9.12. The summed E-state index contributed by atoms with van der Waals surface area (Å²) in [5.41, 5.74) is -0.112. The molecule has 0 aliphatic heterocycles. The number of rotatable bonds is 4. The number of carbonyl (C=O) groups is 1. The van der Waals surface area contributed by atoms with Crippen LogP contribution in [0.3, 0.4) is 0 Å². The normalized spacial score (nSPS) is 11.9. The molecular formula is C11H14Br2N2O2. The SMILES string of the molecule is CN(Cc1ncc(Br)cc1Br)C(C)(C)C(=O)O. The van der Waals surface area contributed by atoms with Crippen molar-refractivity contribution in [3.8, 4) is 0 Å². The first-order valence-electron chi connectivity index (χ1n) is 4.99. The average molecular weight is 366 g/mol. The molecule has 1 aromatic heterocycles. The Kier molecular flexibility index (Phi) is 4.69. The van der Waals surface area contributed by atoms with Crippen LogP contribution in [0, 0.1) is 0 Å². The van der Waals surface area contributed by atoms with Crippen LogP contribution in [0.4, 0.5) is 0 Å². The van der Waals surface area contributed by atoms with Gasteiger partial charge >= 0.3 is 5.97 Å². The van der Waals surface area contributed by atoms with Crippen molar-refractivity contribution in [2.75, 3.05) is 7.05 Å². The molecule has 0 saturated carbocycles. The summed E-state index contributed by atoms with van der Waals surface area (Å²) in [6.45, 7) is 3.80. The fourth-order valence-corrected chi connectivity index (χ4v) is 2.26. The second kappa shape index (κ2) is 5.46. The molecule has 6 heteroatoms. The van der Waals surface area contributed by atoms with Gasteiger partial charge in [-0.15, -0.1) is 0 Å². The maximum atomic E-state index is 11.1. The predicted octanol–water partition coefficient (Wildman–Crippen LogP) is 2.90.